The van der Waals surface area contributed by atoms with Gasteiger partial charge in [-0.1, -0.05) is 29.8 Å². The van der Waals surface area contributed by atoms with Gasteiger partial charge in [-0.05, 0) is 58.1 Å². The highest BCUT2D eigenvalue weighted by molar-refractivity contribution is 6.31. The predicted octanol–water partition coefficient (Wildman–Crippen LogP) is 2.57. The topological polar surface area (TPSA) is 15.3 Å². The van der Waals surface area contributed by atoms with Crippen molar-refractivity contribution in [2.45, 2.75) is 24.8 Å². The molecule has 0 atom stereocenters. The van der Waals surface area contributed by atoms with Crippen LogP contribution < -0.4 is 5.32 Å². The molecule has 1 aromatic carbocycles. The molecule has 2 rings (SSSR count). The maximum Gasteiger partial charge on any atom is 0.0438 e. The highest BCUT2D eigenvalue weighted by Crippen LogP contribution is 2.30. The summed E-state index contributed by atoms with van der Waals surface area (Å²) in [6, 6.07) is 8.21. The average Bonchev–Trinajstić information content (AvgIpc) is 2.33. The van der Waals surface area contributed by atoms with Crippen LogP contribution in [-0.2, 0) is 6.42 Å². The minimum atomic E-state index is 0.260. The van der Waals surface area contributed by atoms with Gasteiger partial charge in [-0.15, -0.1) is 0 Å². The third-order valence-electron chi connectivity index (χ3n) is 3.96. The van der Waals surface area contributed by atoms with Crippen molar-refractivity contribution in [3.63, 3.8) is 0 Å². The fraction of sp³-hybridized carbons (Fsp3) is 0.571. The summed E-state index contributed by atoms with van der Waals surface area (Å²) in [5.41, 5.74) is 1.53. The highest BCUT2D eigenvalue weighted by atomic mass is 35.5. The van der Waals surface area contributed by atoms with Crippen molar-refractivity contribution in [2.24, 2.45) is 0 Å². The smallest absolute Gasteiger partial charge is 0.0438 e. The van der Waals surface area contributed by atoms with E-state index in [4.69, 9.17) is 11.6 Å². The van der Waals surface area contributed by atoms with Crippen molar-refractivity contribution in [3.05, 3.63) is 34.9 Å². The number of benzene rings is 1. The lowest BCUT2D eigenvalue weighted by Gasteiger charge is -2.43. The second-order valence-electron chi connectivity index (χ2n) is 5.14. The Hall–Kier alpha value is -0.570. The van der Waals surface area contributed by atoms with Gasteiger partial charge in [-0.25, -0.2) is 0 Å². The summed E-state index contributed by atoms with van der Waals surface area (Å²) in [6.45, 7) is 2.20. The molecule has 0 saturated carbocycles. The fourth-order valence-corrected chi connectivity index (χ4v) is 2.87. The number of nitrogens with one attached hydrogen (secondary N) is 1. The third kappa shape index (κ3) is 2.82. The summed E-state index contributed by atoms with van der Waals surface area (Å²) in [6.07, 6.45) is 3.41. The van der Waals surface area contributed by atoms with Crippen molar-refractivity contribution in [1.29, 1.82) is 0 Å². The van der Waals surface area contributed by atoms with Crippen molar-refractivity contribution in [1.82, 2.24) is 10.2 Å². The van der Waals surface area contributed by atoms with Gasteiger partial charge in [-0.3, -0.25) is 0 Å². The largest absolute Gasteiger partial charge is 0.317 e. The van der Waals surface area contributed by atoms with Gasteiger partial charge in [0.15, 0.2) is 0 Å². The Kier molecular flexibility index (Phi) is 4.08. The number of rotatable bonds is 3. The lowest BCUT2D eigenvalue weighted by atomic mass is 9.81. The minimum Gasteiger partial charge on any atom is -0.317 e. The second kappa shape index (κ2) is 5.38. The van der Waals surface area contributed by atoms with Crippen LogP contribution in [0.15, 0.2) is 24.3 Å². The Morgan fingerprint density at radius 2 is 1.88 bits per heavy atom. The molecule has 0 amide bonds. The summed E-state index contributed by atoms with van der Waals surface area (Å²) in [4.78, 5) is 2.37. The summed E-state index contributed by atoms with van der Waals surface area (Å²) >= 11 is 6.28. The number of hydrogen-bond acceptors (Lipinski definition) is 2. The fourth-order valence-electron chi connectivity index (χ4n) is 2.67. The van der Waals surface area contributed by atoms with Gasteiger partial charge < -0.3 is 10.2 Å². The lowest BCUT2D eigenvalue weighted by Crippen LogP contribution is -2.53. The molecule has 2 nitrogen and oxygen atoms in total. The molecule has 0 aliphatic carbocycles. The predicted molar refractivity (Wildman–Crippen MR) is 73.7 cm³/mol. The third-order valence-corrected chi connectivity index (χ3v) is 4.33. The Bertz CT molecular complexity index is 370. The highest BCUT2D eigenvalue weighted by Gasteiger charge is 2.34. The van der Waals surface area contributed by atoms with E-state index in [0.29, 0.717) is 0 Å². The lowest BCUT2D eigenvalue weighted by molar-refractivity contribution is 0.108. The van der Waals surface area contributed by atoms with Gasteiger partial charge in [0.05, 0.1) is 0 Å². The van der Waals surface area contributed by atoms with Crippen molar-refractivity contribution in [3.8, 4) is 0 Å². The van der Waals surface area contributed by atoms with E-state index < -0.39 is 0 Å². The Balaban J connectivity index is 2.21. The molecule has 17 heavy (non-hydrogen) atoms. The van der Waals surface area contributed by atoms with Gasteiger partial charge in [0.2, 0.25) is 0 Å². The molecule has 0 radical (unpaired) electrons. The zero-order chi connectivity index (χ0) is 12.3. The van der Waals surface area contributed by atoms with Crippen molar-refractivity contribution in [2.75, 3.05) is 27.2 Å². The number of hydrogen-bond donors (Lipinski definition) is 1. The molecule has 1 aliphatic heterocycles. The monoisotopic (exact) mass is 252 g/mol. The van der Waals surface area contributed by atoms with Crippen molar-refractivity contribution >= 4 is 11.6 Å². The first kappa shape index (κ1) is 12.9. The number of halogens is 1. The number of likely N-dealkylation sites (N-methyl/N-ethyl adjacent to an activating group) is 1. The first-order valence-electron chi connectivity index (χ1n) is 6.26. The summed E-state index contributed by atoms with van der Waals surface area (Å²) in [5.74, 6) is 0. The van der Waals surface area contributed by atoms with E-state index in [-0.39, 0.29) is 5.54 Å². The van der Waals surface area contributed by atoms with E-state index in [9.17, 15) is 0 Å². The van der Waals surface area contributed by atoms with Crippen LogP contribution in [0, 0.1) is 0 Å². The molecule has 0 spiro atoms. The van der Waals surface area contributed by atoms with Crippen LogP contribution in [-0.4, -0.2) is 37.6 Å². The summed E-state index contributed by atoms with van der Waals surface area (Å²) in [7, 11) is 4.37. The maximum atomic E-state index is 6.28. The van der Waals surface area contributed by atoms with Crippen LogP contribution >= 0.6 is 11.6 Å². The van der Waals surface area contributed by atoms with E-state index in [0.717, 1.165) is 24.5 Å². The minimum absolute atomic E-state index is 0.260. The van der Waals surface area contributed by atoms with Crippen LogP contribution in [0.4, 0.5) is 0 Å². The van der Waals surface area contributed by atoms with Gasteiger partial charge in [0.1, 0.15) is 0 Å². The zero-order valence-corrected chi connectivity index (χ0v) is 11.4. The van der Waals surface area contributed by atoms with Crippen LogP contribution in [0.1, 0.15) is 18.4 Å². The molecule has 1 N–H and O–H groups in total. The molecule has 1 saturated heterocycles. The van der Waals surface area contributed by atoms with E-state index in [1.54, 1.807) is 0 Å². The first-order valence-corrected chi connectivity index (χ1v) is 6.63. The van der Waals surface area contributed by atoms with E-state index in [1.165, 1.54) is 18.4 Å². The van der Waals surface area contributed by atoms with Crippen LogP contribution in [0.2, 0.25) is 5.02 Å². The quantitative estimate of drug-likeness (QED) is 0.890. The summed E-state index contributed by atoms with van der Waals surface area (Å²) in [5, 5.41) is 4.33. The Labute approximate surface area is 109 Å². The average molecular weight is 253 g/mol. The SMILES string of the molecule is CN(C)C1(Cc2ccccc2Cl)CCNCC1. The normalized spacial score (nSPS) is 19.5. The standard InChI is InChI=1S/C14H21ClN2/c1-17(2)14(7-9-16-10-8-14)11-12-5-3-4-6-13(12)15/h3-6,16H,7-11H2,1-2H3. The molecule has 0 bridgehead atoms. The van der Waals surface area contributed by atoms with E-state index >= 15 is 0 Å². The molecule has 1 aliphatic rings. The Morgan fingerprint density at radius 1 is 1.24 bits per heavy atom. The van der Waals surface area contributed by atoms with Gasteiger partial charge in [0.25, 0.3) is 0 Å². The van der Waals surface area contributed by atoms with Crippen molar-refractivity contribution < 1.29 is 0 Å². The molecular weight excluding hydrogens is 232 g/mol. The molecular formula is C14H21ClN2. The van der Waals surface area contributed by atoms with E-state index in [2.05, 4.69) is 36.4 Å². The maximum absolute atomic E-state index is 6.28. The molecule has 1 aromatic rings. The van der Waals surface area contributed by atoms with Crippen LogP contribution in [0.5, 0.6) is 0 Å². The molecule has 94 valence electrons. The number of piperidine rings is 1. The molecule has 1 heterocycles. The second-order valence-corrected chi connectivity index (χ2v) is 5.54. The summed E-state index contributed by atoms with van der Waals surface area (Å²) < 4.78 is 0. The molecule has 3 heteroatoms. The molecule has 0 aromatic heterocycles. The van der Waals surface area contributed by atoms with E-state index in [1.807, 2.05) is 12.1 Å². The van der Waals surface area contributed by atoms with Gasteiger partial charge in [-0.2, -0.15) is 0 Å². The van der Waals surface area contributed by atoms with Crippen LogP contribution in [0.3, 0.4) is 0 Å². The molecule has 0 unspecified atom stereocenters. The van der Waals surface area contributed by atoms with Crippen LogP contribution in [0.25, 0.3) is 0 Å². The first-order chi connectivity index (χ1) is 8.14. The Morgan fingerprint density at radius 3 is 2.47 bits per heavy atom. The van der Waals surface area contributed by atoms with Gasteiger partial charge >= 0.3 is 0 Å². The zero-order valence-electron chi connectivity index (χ0n) is 10.7. The number of nitrogens with zero attached hydrogens (tertiary/aromatic N) is 1. The van der Waals surface area contributed by atoms with Gasteiger partial charge in [0, 0.05) is 10.6 Å². The molecule has 1 fully saturated rings.